The van der Waals surface area contributed by atoms with Gasteiger partial charge >= 0.3 is 6.18 Å². The molecule has 0 saturated heterocycles. The molecule has 0 saturated carbocycles. The van der Waals surface area contributed by atoms with Crippen molar-refractivity contribution < 1.29 is 22.6 Å². The van der Waals surface area contributed by atoms with Crippen LogP contribution in [0.15, 0.2) is 79.5 Å². The van der Waals surface area contributed by atoms with Gasteiger partial charge in [0, 0.05) is 57.1 Å². The molecule has 3 aromatic carbocycles. The highest BCUT2D eigenvalue weighted by Crippen LogP contribution is 2.38. The molecule has 0 aliphatic rings. The van der Waals surface area contributed by atoms with Crippen LogP contribution in [0, 0.1) is 6.92 Å². The Hall–Kier alpha value is -5.03. The minimum absolute atomic E-state index is 0.293. The van der Waals surface area contributed by atoms with Crippen LogP contribution in [0.5, 0.6) is 11.5 Å². The van der Waals surface area contributed by atoms with E-state index < -0.39 is 11.7 Å². The van der Waals surface area contributed by atoms with E-state index in [9.17, 15) is 13.2 Å². The number of hydrogen-bond acceptors (Lipinski definition) is 8. The molecule has 5 rings (SSSR count). The van der Waals surface area contributed by atoms with Gasteiger partial charge in [0.25, 0.3) is 0 Å². The van der Waals surface area contributed by atoms with E-state index in [1.807, 2.05) is 49.6 Å². The van der Waals surface area contributed by atoms with Crippen LogP contribution in [0.2, 0.25) is 0 Å². The van der Waals surface area contributed by atoms with Crippen LogP contribution >= 0.6 is 11.3 Å². The van der Waals surface area contributed by atoms with Gasteiger partial charge in [-0.15, -0.1) is 11.3 Å². The number of alkyl halides is 3. The fraction of sp³-hybridized carbons (Fsp3) is 0.176. The first kappa shape index (κ1) is 31.4. The molecule has 2 heterocycles. The van der Waals surface area contributed by atoms with Gasteiger partial charge in [0.2, 0.25) is 0 Å². The monoisotopic (exact) mass is 631 g/mol. The summed E-state index contributed by atoms with van der Waals surface area (Å²) in [6, 6.07) is 14.5. The number of aryl methyl sites for hydroxylation is 1. The number of nitrogens with zero attached hydrogens (tertiary/aromatic N) is 2. The molecular formula is C34H32F3N5O2S. The number of anilines is 4. The Bertz CT molecular complexity index is 1880. The van der Waals surface area contributed by atoms with Gasteiger partial charge in [0.15, 0.2) is 5.82 Å². The van der Waals surface area contributed by atoms with Crippen molar-refractivity contribution in [2.45, 2.75) is 26.4 Å². The van der Waals surface area contributed by atoms with Crippen molar-refractivity contribution in [1.82, 2.24) is 9.97 Å². The summed E-state index contributed by atoms with van der Waals surface area (Å²) in [5.41, 5.74) is 6.33. The van der Waals surface area contributed by atoms with E-state index in [0.717, 1.165) is 68.3 Å². The number of fused-ring (bicyclic) bond motifs is 1. The minimum atomic E-state index is -4.44. The lowest BCUT2D eigenvalue weighted by atomic mass is 10.1. The molecule has 0 aliphatic carbocycles. The molecule has 232 valence electrons. The molecule has 0 fully saturated rings. The van der Waals surface area contributed by atoms with Crippen LogP contribution in [0.3, 0.4) is 0 Å². The van der Waals surface area contributed by atoms with Crippen LogP contribution in [0.25, 0.3) is 21.6 Å². The molecule has 0 bridgehead atoms. The molecule has 0 atom stereocenters. The van der Waals surface area contributed by atoms with Crippen LogP contribution < -0.4 is 25.4 Å². The smallest absolute Gasteiger partial charge is 0.416 e. The number of nitrogens with one attached hydrogen (secondary N) is 3. The van der Waals surface area contributed by atoms with E-state index in [1.54, 1.807) is 20.3 Å². The maximum atomic E-state index is 13.2. The fourth-order valence-corrected chi connectivity index (χ4v) is 5.87. The zero-order chi connectivity index (χ0) is 32.3. The third kappa shape index (κ3) is 6.73. The van der Waals surface area contributed by atoms with Gasteiger partial charge in [-0.3, -0.25) is 0 Å². The molecule has 0 amide bonds. The van der Waals surface area contributed by atoms with Crippen LogP contribution in [-0.2, 0) is 12.6 Å². The van der Waals surface area contributed by atoms with Crippen LogP contribution in [0.1, 0.15) is 34.7 Å². The van der Waals surface area contributed by atoms with Crippen molar-refractivity contribution >= 4 is 55.8 Å². The van der Waals surface area contributed by atoms with Gasteiger partial charge in [0.1, 0.15) is 17.8 Å². The molecule has 0 unspecified atom stereocenters. The molecular weight excluding hydrogens is 599 g/mol. The van der Waals surface area contributed by atoms with Crippen molar-refractivity contribution in [3.63, 3.8) is 0 Å². The van der Waals surface area contributed by atoms with Crippen molar-refractivity contribution in [3.05, 3.63) is 107 Å². The predicted molar refractivity (Wildman–Crippen MR) is 178 cm³/mol. The van der Waals surface area contributed by atoms with Crippen molar-refractivity contribution in [2.24, 2.45) is 0 Å². The minimum Gasteiger partial charge on any atom is -0.496 e. The van der Waals surface area contributed by atoms with E-state index >= 15 is 0 Å². The number of methoxy groups -OCH3 is 2. The molecule has 0 radical (unpaired) electrons. The lowest BCUT2D eigenvalue weighted by Gasteiger charge is -2.16. The highest BCUT2D eigenvalue weighted by Gasteiger charge is 2.30. The van der Waals surface area contributed by atoms with Gasteiger partial charge in [-0.05, 0) is 48.7 Å². The standard InChI is InChI=1S/C34H32F3N5O2S/c1-7-26-29(43-5)15-25(16-30(26)44-6)42-33-32-31(38-18-39-33)27(17-45-32)21(4)41-28-13-22(12-11-19(28)2)20(3)40-24-10-8-9-23(14-24)34(35,36)37/h8-18,40-41H,3-4,7H2,1-2,5-6H3,(H,38,39,42). The number of ether oxygens (including phenoxy) is 2. The molecule has 0 aliphatic heterocycles. The first-order valence-electron chi connectivity index (χ1n) is 14.0. The Labute approximate surface area is 263 Å². The molecule has 2 aromatic heterocycles. The Kier molecular flexibility index (Phi) is 9.01. The second kappa shape index (κ2) is 12.9. The second-order valence-corrected chi connectivity index (χ2v) is 11.1. The number of thiophene rings is 1. The normalized spacial score (nSPS) is 11.3. The Morgan fingerprint density at radius 1 is 0.911 bits per heavy atom. The molecule has 0 spiro atoms. The van der Waals surface area contributed by atoms with Crippen LogP contribution in [-0.4, -0.2) is 24.2 Å². The van der Waals surface area contributed by atoms with Gasteiger partial charge in [0.05, 0.1) is 30.0 Å². The first-order chi connectivity index (χ1) is 21.5. The number of halogens is 3. The molecule has 5 aromatic rings. The largest absolute Gasteiger partial charge is 0.496 e. The summed E-state index contributed by atoms with van der Waals surface area (Å²) < 4.78 is 51.6. The second-order valence-electron chi connectivity index (χ2n) is 10.2. The summed E-state index contributed by atoms with van der Waals surface area (Å²) in [4.78, 5) is 9.03. The summed E-state index contributed by atoms with van der Waals surface area (Å²) >= 11 is 1.49. The zero-order valence-corrected chi connectivity index (χ0v) is 26.0. The number of benzene rings is 3. The topological polar surface area (TPSA) is 80.3 Å². The lowest BCUT2D eigenvalue weighted by molar-refractivity contribution is -0.137. The predicted octanol–water partition coefficient (Wildman–Crippen LogP) is 9.51. The van der Waals surface area contributed by atoms with E-state index in [4.69, 9.17) is 9.47 Å². The lowest BCUT2D eigenvalue weighted by Crippen LogP contribution is -2.06. The maximum Gasteiger partial charge on any atom is 0.416 e. The summed E-state index contributed by atoms with van der Waals surface area (Å²) in [5.74, 6) is 2.08. The molecule has 7 nitrogen and oxygen atoms in total. The summed E-state index contributed by atoms with van der Waals surface area (Å²) in [6.45, 7) is 12.3. The number of hydrogen-bond donors (Lipinski definition) is 3. The summed E-state index contributed by atoms with van der Waals surface area (Å²) in [5, 5.41) is 11.7. The number of aromatic nitrogens is 2. The van der Waals surface area contributed by atoms with Gasteiger partial charge in [-0.25, -0.2) is 9.97 Å². The first-order valence-corrected chi connectivity index (χ1v) is 14.8. The van der Waals surface area contributed by atoms with Crippen molar-refractivity contribution in [2.75, 3.05) is 30.2 Å². The Balaban J connectivity index is 1.37. The third-order valence-electron chi connectivity index (χ3n) is 7.26. The fourth-order valence-electron chi connectivity index (χ4n) is 4.89. The summed E-state index contributed by atoms with van der Waals surface area (Å²) in [7, 11) is 3.26. The van der Waals surface area contributed by atoms with Gasteiger partial charge < -0.3 is 25.4 Å². The highest BCUT2D eigenvalue weighted by molar-refractivity contribution is 7.18. The Morgan fingerprint density at radius 2 is 1.64 bits per heavy atom. The van der Waals surface area contributed by atoms with E-state index in [-0.39, 0.29) is 0 Å². The van der Waals surface area contributed by atoms with Gasteiger partial charge in [-0.1, -0.05) is 38.3 Å². The average Bonchev–Trinajstić information content (AvgIpc) is 3.46. The zero-order valence-electron chi connectivity index (χ0n) is 25.2. The van der Waals surface area contributed by atoms with E-state index in [0.29, 0.717) is 28.5 Å². The maximum absolute atomic E-state index is 13.2. The molecule has 11 heteroatoms. The quantitative estimate of drug-likeness (QED) is 0.134. The van der Waals surface area contributed by atoms with Crippen molar-refractivity contribution in [1.29, 1.82) is 0 Å². The summed E-state index contributed by atoms with van der Waals surface area (Å²) in [6.07, 6.45) is -2.18. The highest BCUT2D eigenvalue weighted by atomic mass is 32.1. The third-order valence-corrected chi connectivity index (χ3v) is 8.24. The number of rotatable bonds is 11. The SMILES string of the molecule is C=C(Nc1cccc(C(F)(F)F)c1)c1ccc(C)c(NC(=C)c2csc3c(Nc4cc(OC)c(CC)c(OC)c4)ncnc23)c1. The van der Waals surface area contributed by atoms with Crippen LogP contribution in [0.4, 0.5) is 36.1 Å². The average molecular weight is 632 g/mol. The molecule has 3 N–H and O–H groups in total. The van der Waals surface area contributed by atoms with E-state index in [1.165, 1.54) is 23.7 Å². The van der Waals surface area contributed by atoms with Crippen molar-refractivity contribution in [3.8, 4) is 11.5 Å². The molecule has 45 heavy (non-hydrogen) atoms. The van der Waals surface area contributed by atoms with E-state index in [2.05, 4.69) is 39.1 Å². The van der Waals surface area contributed by atoms with Gasteiger partial charge in [-0.2, -0.15) is 13.2 Å². The Morgan fingerprint density at radius 3 is 2.31 bits per heavy atom.